The molecule has 0 aliphatic carbocycles. The first-order valence-corrected chi connectivity index (χ1v) is 6.15. The molecular weight excluding hydrogens is 214 g/mol. The molecule has 0 radical (unpaired) electrons. The normalized spacial score (nSPS) is 19.6. The van der Waals surface area contributed by atoms with Gasteiger partial charge in [0.25, 0.3) is 0 Å². The Kier molecular flexibility index (Phi) is 3.79. The van der Waals surface area contributed by atoms with Crippen LogP contribution in [0, 0.1) is 0 Å². The number of ether oxygens (including phenoxy) is 1. The van der Waals surface area contributed by atoms with Crippen molar-refractivity contribution in [3.8, 4) is 0 Å². The van der Waals surface area contributed by atoms with Crippen LogP contribution < -0.4 is 4.90 Å². The first-order valence-electron chi connectivity index (χ1n) is 6.15. The van der Waals surface area contributed by atoms with Crippen molar-refractivity contribution in [1.82, 2.24) is 0 Å². The summed E-state index contributed by atoms with van der Waals surface area (Å²) < 4.78 is 5.35. The van der Waals surface area contributed by atoms with Crippen molar-refractivity contribution in [2.75, 3.05) is 25.1 Å². The maximum Gasteiger partial charge on any atom is 0.162 e. The standard InChI is InChI=1S/C14H19NO2/c1-3-14(16)11-4-6-12(7-5-11)15-9-8-13(10-15)17-2/h4-7,13H,3,8-10H2,1-2H3. The number of benzene rings is 1. The van der Waals surface area contributed by atoms with E-state index in [1.54, 1.807) is 7.11 Å². The smallest absolute Gasteiger partial charge is 0.162 e. The molecule has 1 aromatic rings. The number of hydrogen-bond acceptors (Lipinski definition) is 3. The molecule has 1 atom stereocenters. The number of anilines is 1. The number of ketones is 1. The van der Waals surface area contributed by atoms with Crippen LogP contribution in [0.1, 0.15) is 30.1 Å². The van der Waals surface area contributed by atoms with E-state index < -0.39 is 0 Å². The number of hydrogen-bond donors (Lipinski definition) is 0. The van der Waals surface area contributed by atoms with E-state index in [9.17, 15) is 4.79 Å². The molecule has 3 heteroatoms. The van der Waals surface area contributed by atoms with Crippen LogP contribution in [0.2, 0.25) is 0 Å². The summed E-state index contributed by atoms with van der Waals surface area (Å²) in [7, 11) is 1.76. The minimum Gasteiger partial charge on any atom is -0.380 e. The van der Waals surface area contributed by atoms with Crippen LogP contribution in [0.25, 0.3) is 0 Å². The number of carbonyl (C=O) groups excluding carboxylic acids is 1. The van der Waals surface area contributed by atoms with E-state index >= 15 is 0 Å². The van der Waals surface area contributed by atoms with Gasteiger partial charge in [-0.2, -0.15) is 0 Å². The molecule has 0 amide bonds. The monoisotopic (exact) mass is 233 g/mol. The first kappa shape index (κ1) is 12.1. The minimum atomic E-state index is 0.202. The fraction of sp³-hybridized carbons (Fsp3) is 0.500. The number of Topliss-reactive ketones (excluding diaryl/α,β-unsaturated/α-hetero) is 1. The van der Waals surface area contributed by atoms with E-state index in [0.29, 0.717) is 12.5 Å². The molecule has 1 aliphatic rings. The average molecular weight is 233 g/mol. The van der Waals surface area contributed by atoms with Crippen LogP contribution in [-0.2, 0) is 4.74 Å². The predicted molar refractivity (Wildman–Crippen MR) is 68.7 cm³/mol. The number of methoxy groups -OCH3 is 1. The van der Waals surface area contributed by atoms with E-state index in [2.05, 4.69) is 4.90 Å². The summed E-state index contributed by atoms with van der Waals surface area (Å²) >= 11 is 0. The van der Waals surface area contributed by atoms with Crippen LogP contribution in [0.15, 0.2) is 24.3 Å². The lowest BCUT2D eigenvalue weighted by molar-refractivity contribution is 0.0988. The maximum atomic E-state index is 11.5. The minimum absolute atomic E-state index is 0.202. The van der Waals surface area contributed by atoms with Crippen LogP contribution >= 0.6 is 0 Å². The Morgan fingerprint density at radius 2 is 2.12 bits per heavy atom. The largest absolute Gasteiger partial charge is 0.380 e. The molecule has 1 aliphatic heterocycles. The molecule has 0 saturated carbocycles. The zero-order valence-electron chi connectivity index (χ0n) is 10.5. The summed E-state index contributed by atoms with van der Waals surface area (Å²) in [5.41, 5.74) is 1.98. The Hall–Kier alpha value is -1.35. The van der Waals surface area contributed by atoms with E-state index in [0.717, 1.165) is 25.1 Å². The summed E-state index contributed by atoms with van der Waals surface area (Å²) in [5, 5.41) is 0. The topological polar surface area (TPSA) is 29.5 Å². The van der Waals surface area contributed by atoms with E-state index in [4.69, 9.17) is 4.74 Å². The SMILES string of the molecule is CCC(=O)c1ccc(N2CCC(OC)C2)cc1. The van der Waals surface area contributed by atoms with Crippen molar-refractivity contribution < 1.29 is 9.53 Å². The van der Waals surface area contributed by atoms with Crippen LogP contribution in [0.4, 0.5) is 5.69 Å². The molecular formula is C14H19NO2. The summed E-state index contributed by atoms with van der Waals surface area (Å²) in [6.07, 6.45) is 1.98. The molecule has 92 valence electrons. The van der Waals surface area contributed by atoms with Gasteiger partial charge in [-0.3, -0.25) is 4.79 Å². The third-order valence-corrected chi connectivity index (χ3v) is 3.35. The second-order valence-electron chi connectivity index (χ2n) is 4.42. The van der Waals surface area contributed by atoms with Gasteiger partial charge in [-0.1, -0.05) is 6.92 Å². The van der Waals surface area contributed by atoms with Crippen molar-refractivity contribution in [2.45, 2.75) is 25.9 Å². The summed E-state index contributed by atoms with van der Waals surface area (Å²) in [5.74, 6) is 0.202. The molecule has 1 aromatic carbocycles. The number of carbonyl (C=O) groups is 1. The molecule has 0 N–H and O–H groups in total. The Morgan fingerprint density at radius 1 is 1.41 bits per heavy atom. The van der Waals surface area contributed by atoms with Gasteiger partial charge in [0.1, 0.15) is 0 Å². The molecule has 1 fully saturated rings. The van der Waals surface area contributed by atoms with Gasteiger partial charge in [0.05, 0.1) is 6.10 Å². The summed E-state index contributed by atoms with van der Waals surface area (Å²) in [4.78, 5) is 13.8. The number of rotatable bonds is 4. The molecule has 0 bridgehead atoms. The molecule has 17 heavy (non-hydrogen) atoms. The predicted octanol–water partition coefficient (Wildman–Crippen LogP) is 2.50. The van der Waals surface area contributed by atoms with Crippen molar-refractivity contribution in [1.29, 1.82) is 0 Å². The molecule has 1 unspecified atom stereocenters. The third kappa shape index (κ3) is 2.67. The van der Waals surface area contributed by atoms with Gasteiger partial charge in [0, 0.05) is 37.9 Å². The molecule has 0 aromatic heterocycles. The fourth-order valence-corrected chi connectivity index (χ4v) is 2.22. The van der Waals surface area contributed by atoms with Gasteiger partial charge in [-0.25, -0.2) is 0 Å². The number of nitrogens with zero attached hydrogens (tertiary/aromatic N) is 1. The molecule has 3 nitrogen and oxygen atoms in total. The highest BCUT2D eigenvalue weighted by Gasteiger charge is 2.22. The van der Waals surface area contributed by atoms with E-state index in [1.165, 1.54) is 5.69 Å². The molecule has 0 spiro atoms. The summed E-state index contributed by atoms with van der Waals surface area (Å²) in [6, 6.07) is 7.89. The summed E-state index contributed by atoms with van der Waals surface area (Å²) in [6.45, 7) is 3.86. The Morgan fingerprint density at radius 3 is 2.65 bits per heavy atom. The zero-order chi connectivity index (χ0) is 12.3. The van der Waals surface area contributed by atoms with E-state index in [-0.39, 0.29) is 5.78 Å². The lowest BCUT2D eigenvalue weighted by Crippen LogP contribution is -2.22. The fourth-order valence-electron chi connectivity index (χ4n) is 2.22. The Bertz CT molecular complexity index is 386. The van der Waals surface area contributed by atoms with Crippen LogP contribution in [-0.4, -0.2) is 32.1 Å². The average Bonchev–Trinajstić information content (AvgIpc) is 2.87. The van der Waals surface area contributed by atoms with Gasteiger partial charge in [-0.15, -0.1) is 0 Å². The van der Waals surface area contributed by atoms with Gasteiger partial charge < -0.3 is 9.64 Å². The van der Waals surface area contributed by atoms with Crippen LogP contribution in [0.3, 0.4) is 0 Å². The quantitative estimate of drug-likeness (QED) is 0.748. The maximum absolute atomic E-state index is 11.5. The Balaban J connectivity index is 2.06. The first-order chi connectivity index (χ1) is 8.24. The van der Waals surface area contributed by atoms with Crippen molar-refractivity contribution in [3.63, 3.8) is 0 Å². The van der Waals surface area contributed by atoms with Crippen molar-refractivity contribution in [3.05, 3.63) is 29.8 Å². The van der Waals surface area contributed by atoms with Gasteiger partial charge in [-0.05, 0) is 30.7 Å². The highest BCUT2D eigenvalue weighted by molar-refractivity contribution is 5.96. The van der Waals surface area contributed by atoms with Crippen LogP contribution in [0.5, 0.6) is 0 Å². The second kappa shape index (κ2) is 5.32. The molecule has 1 saturated heterocycles. The van der Waals surface area contributed by atoms with Gasteiger partial charge in [0.15, 0.2) is 5.78 Å². The second-order valence-corrected chi connectivity index (χ2v) is 4.42. The molecule has 1 heterocycles. The van der Waals surface area contributed by atoms with Crippen molar-refractivity contribution >= 4 is 11.5 Å². The Labute approximate surface area is 102 Å². The van der Waals surface area contributed by atoms with E-state index in [1.807, 2.05) is 31.2 Å². The van der Waals surface area contributed by atoms with Crippen molar-refractivity contribution in [2.24, 2.45) is 0 Å². The van der Waals surface area contributed by atoms with Gasteiger partial charge in [0.2, 0.25) is 0 Å². The highest BCUT2D eigenvalue weighted by atomic mass is 16.5. The third-order valence-electron chi connectivity index (χ3n) is 3.35. The highest BCUT2D eigenvalue weighted by Crippen LogP contribution is 2.22. The zero-order valence-corrected chi connectivity index (χ0v) is 10.5. The lowest BCUT2D eigenvalue weighted by Gasteiger charge is -2.18. The lowest BCUT2D eigenvalue weighted by atomic mass is 10.1. The molecule has 2 rings (SSSR count). The van der Waals surface area contributed by atoms with Gasteiger partial charge >= 0.3 is 0 Å².